The molecule has 0 amide bonds. The molecule has 6 rings (SSSR count). The monoisotopic (exact) mass is 855 g/mol. The van der Waals surface area contributed by atoms with Crippen molar-refractivity contribution in [3.63, 3.8) is 0 Å². The van der Waals surface area contributed by atoms with Crippen molar-refractivity contribution in [2.45, 2.75) is 122 Å². The third kappa shape index (κ3) is 9.65. The molecular formula is C49H61NO12. The summed E-state index contributed by atoms with van der Waals surface area (Å²) in [5, 5.41) is 22.2. The van der Waals surface area contributed by atoms with E-state index in [1.54, 1.807) is 21.0 Å². The summed E-state index contributed by atoms with van der Waals surface area (Å²) in [5.74, 6) is -0.694. The number of aliphatic hydroxyl groups is 2. The molecule has 0 radical (unpaired) electrons. The van der Waals surface area contributed by atoms with Gasteiger partial charge in [0.15, 0.2) is 29.4 Å². The van der Waals surface area contributed by atoms with E-state index in [1.807, 2.05) is 50.3 Å². The molecule has 62 heavy (non-hydrogen) atoms. The average molecular weight is 856 g/mol. The van der Waals surface area contributed by atoms with Gasteiger partial charge in [0.1, 0.15) is 11.5 Å². The molecule has 0 saturated carbocycles. The number of rotatable bonds is 15. The Labute approximate surface area is 364 Å². The van der Waals surface area contributed by atoms with Gasteiger partial charge in [0.25, 0.3) is 0 Å². The number of benzene rings is 2. The van der Waals surface area contributed by atoms with Crippen molar-refractivity contribution in [2.75, 3.05) is 34.7 Å². The van der Waals surface area contributed by atoms with Crippen molar-refractivity contribution in [2.24, 2.45) is 0 Å². The molecule has 3 heterocycles. The zero-order chi connectivity index (χ0) is 45.1. The predicted octanol–water partition coefficient (Wildman–Crippen LogP) is 7.16. The highest BCUT2D eigenvalue weighted by Gasteiger charge is 2.61. The first kappa shape index (κ1) is 46.1. The fourth-order valence-electron chi connectivity index (χ4n) is 9.10. The molecule has 1 fully saturated rings. The van der Waals surface area contributed by atoms with E-state index < -0.39 is 59.3 Å². The standard InChI is InChI=1S/C49H61NO12/c1-29(15-16-35-31(3)22-37(56-8)33(5)32(35)4)13-11-14-30(2)21-42(51)61-41-24-34-23-38-39(60-28-59-38)25-36(34)44-45(40(57-9)26-48(44)17-12-20-50(41)48)62-46(53)49(55,27-43(52)58-10)19-18-47(6,7)54/h11,13-16,21-23,25-26,41,44-45,54-55H,12,17-20,24,27-28H2,1-10H3/b14-11+,16-15+,29-13+,30-21+/t41?,44-,45-,48+,49-/m1/s1. The van der Waals surface area contributed by atoms with E-state index in [0.29, 0.717) is 42.2 Å². The molecule has 13 nitrogen and oxygen atoms in total. The van der Waals surface area contributed by atoms with Crippen LogP contribution in [0.3, 0.4) is 0 Å². The second kappa shape index (κ2) is 18.5. The number of methoxy groups -OCH3 is 3. The summed E-state index contributed by atoms with van der Waals surface area (Å²) < 4.78 is 40.5. The largest absolute Gasteiger partial charge is 0.497 e. The van der Waals surface area contributed by atoms with Gasteiger partial charge >= 0.3 is 17.9 Å². The van der Waals surface area contributed by atoms with Crippen molar-refractivity contribution in [1.82, 2.24) is 4.90 Å². The van der Waals surface area contributed by atoms with E-state index in [2.05, 4.69) is 43.9 Å². The Balaban J connectivity index is 1.26. The summed E-state index contributed by atoms with van der Waals surface area (Å²) in [7, 11) is 4.34. The summed E-state index contributed by atoms with van der Waals surface area (Å²) in [6, 6.07) is 5.81. The molecule has 334 valence electrons. The minimum Gasteiger partial charge on any atom is -0.497 e. The van der Waals surface area contributed by atoms with E-state index in [0.717, 1.165) is 45.6 Å². The van der Waals surface area contributed by atoms with E-state index in [1.165, 1.54) is 25.9 Å². The zero-order valence-electron chi connectivity index (χ0n) is 37.6. The van der Waals surface area contributed by atoms with Gasteiger partial charge in [0.2, 0.25) is 6.79 Å². The highest BCUT2D eigenvalue weighted by atomic mass is 16.7. The maximum atomic E-state index is 14.2. The molecule has 1 saturated heterocycles. The number of fused-ring (bicyclic) bond motifs is 3. The predicted molar refractivity (Wildman–Crippen MR) is 233 cm³/mol. The van der Waals surface area contributed by atoms with E-state index in [-0.39, 0.29) is 19.6 Å². The molecule has 2 aromatic rings. The summed E-state index contributed by atoms with van der Waals surface area (Å²) in [4.78, 5) is 42.6. The topological polar surface area (TPSA) is 160 Å². The van der Waals surface area contributed by atoms with Gasteiger partial charge in [-0.3, -0.25) is 9.69 Å². The molecule has 5 atom stereocenters. The lowest BCUT2D eigenvalue weighted by Crippen LogP contribution is -2.53. The first-order chi connectivity index (χ1) is 29.3. The molecule has 2 aromatic carbocycles. The van der Waals surface area contributed by atoms with Crippen LogP contribution in [-0.4, -0.2) is 96.8 Å². The Kier molecular flexibility index (Phi) is 13.8. The number of nitrogens with zero attached hydrogens (tertiary/aromatic N) is 1. The first-order valence-corrected chi connectivity index (χ1v) is 21.1. The maximum Gasteiger partial charge on any atom is 0.339 e. The van der Waals surface area contributed by atoms with Crippen LogP contribution in [0.2, 0.25) is 0 Å². The smallest absolute Gasteiger partial charge is 0.339 e. The van der Waals surface area contributed by atoms with Crippen molar-refractivity contribution >= 4 is 24.0 Å². The van der Waals surface area contributed by atoms with Gasteiger partial charge in [-0.2, -0.15) is 0 Å². The Morgan fingerprint density at radius 3 is 2.34 bits per heavy atom. The van der Waals surface area contributed by atoms with Crippen LogP contribution in [0.4, 0.5) is 0 Å². The number of aryl methyl sites for hydroxylation is 1. The van der Waals surface area contributed by atoms with E-state index in [9.17, 15) is 24.6 Å². The number of carbonyl (C=O) groups excluding carboxylic acids is 3. The molecule has 1 unspecified atom stereocenters. The normalized spacial score (nSPS) is 23.3. The fraction of sp³-hybridized carbons (Fsp3) is 0.490. The lowest BCUT2D eigenvalue weighted by molar-refractivity contribution is -0.180. The molecular weight excluding hydrogens is 795 g/mol. The quantitative estimate of drug-likeness (QED) is 0.0806. The molecule has 1 aliphatic carbocycles. The van der Waals surface area contributed by atoms with E-state index >= 15 is 0 Å². The van der Waals surface area contributed by atoms with Gasteiger partial charge < -0.3 is 43.4 Å². The van der Waals surface area contributed by atoms with Crippen LogP contribution in [-0.2, 0) is 39.8 Å². The first-order valence-electron chi connectivity index (χ1n) is 21.1. The van der Waals surface area contributed by atoms with Crippen molar-refractivity contribution in [3.8, 4) is 17.2 Å². The molecule has 0 aromatic heterocycles. The lowest BCUT2D eigenvalue weighted by Gasteiger charge is -2.42. The minimum atomic E-state index is -2.31. The summed E-state index contributed by atoms with van der Waals surface area (Å²) in [6.45, 7) is 13.8. The van der Waals surface area contributed by atoms with E-state index in [4.69, 9.17) is 33.2 Å². The van der Waals surface area contributed by atoms with Gasteiger partial charge in [-0.15, -0.1) is 0 Å². The highest BCUT2D eigenvalue weighted by Crippen LogP contribution is 2.57. The van der Waals surface area contributed by atoms with Gasteiger partial charge in [-0.05, 0) is 137 Å². The van der Waals surface area contributed by atoms with Gasteiger partial charge in [0, 0.05) is 19.0 Å². The second-order valence-electron chi connectivity index (χ2n) is 17.5. The van der Waals surface area contributed by atoms with Crippen LogP contribution in [0, 0.1) is 20.8 Å². The Bertz CT molecular complexity index is 2230. The molecule has 1 spiro atoms. The molecule has 13 heteroatoms. The number of esters is 3. The number of carbonyl (C=O) groups is 3. The number of hydrogen-bond donors (Lipinski definition) is 2. The molecule has 0 bridgehead atoms. The maximum absolute atomic E-state index is 14.2. The van der Waals surface area contributed by atoms with Crippen LogP contribution < -0.4 is 14.2 Å². The average Bonchev–Trinajstić information content (AvgIpc) is 3.92. The summed E-state index contributed by atoms with van der Waals surface area (Å²) >= 11 is 0. The summed E-state index contributed by atoms with van der Waals surface area (Å²) in [6.07, 6.45) is 12.2. The zero-order valence-corrected chi connectivity index (χ0v) is 37.6. The molecule has 2 N–H and O–H groups in total. The number of allylic oxidation sites excluding steroid dienone is 6. The van der Waals surface area contributed by atoms with Crippen LogP contribution in [0.5, 0.6) is 17.2 Å². The van der Waals surface area contributed by atoms with Crippen LogP contribution >= 0.6 is 0 Å². The third-order valence-corrected chi connectivity index (χ3v) is 12.6. The van der Waals surface area contributed by atoms with Crippen LogP contribution in [0.1, 0.15) is 99.1 Å². The van der Waals surface area contributed by atoms with Crippen molar-refractivity contribution in [3.05, 3.63) is 105 Å². The second-order valence-corrected chi connectivity index (χ2v) is 17.5. The Morgan fingerprint density at radius 1 is 0.935 bits per heavy atom. The van der Waals surface area contributed by atoms with Gasteiger partial charge in [0.05, 0.1) is 44.8 Å². The third-order valence-electron chi connectivity index (χ3n) is 12.6. The van der Waals surface area contributed by atoms with Crippen molar-refractivity contribution < 1.29 is 57.8 Å². The Hall–Kier alpha value is -5.37. The van der Waals surface area contributed by atoms with Crippen LogP contribution in [0.15, 0.2) is 71.6 Å². The van der Waals surface area contributed by atoms with Crippen molar-refractivity contribution in [1.29, 1.82) is 0 Å². The number of hydrogen-bond acceptors (Lipinski definition) is 13. The lowest BCUT2D eigenvalue weighted by atomic mass is 9.77. The minimum absolute atomic E-state index is 0.00422. The van der Waals surface area contributed by atoms with Crippen LogP contribution in [0.25, 0.3) is 6.08 Å². The highest BCUT2D eigenvalue weighted by molar-refractivity contribution is 5.86. The fourth-order valence-corrected chi connectivity index (χ4v) is 9.10. The molecule has 4 aliphatic rings. The van der Waals surface area contributed by atoms with Gasteiger partial charge in [-0.1, -0.05) is 36.0 Å². The number of ether oxygens (including phenoxy) is 7. The summed E-state index contributed by atoms with van der Waals surface area (Å²) in [5.41, 5.74) is 3.48. The SMILES string of the molecule is COC(=O)C[C@](O)(CCC(C)(C)O)C(=O)O[C@@H]1C(OC)=C[C@]23CCCN2C(OC(=O)/C=C(C)/C=C/C=C(C)/C=C/c2c(C)cc(OC)c(C)c2C)Cc2cc4c(cc2[C@H]13)OCO4. The molecule has 3 aliphatic heterocycles. The van der Waals surface area contributed by atoms with Gasteiger partial charge in [-0.25, -0.2) is 9.59 Å². The Morgan fingerprint density at radius 2 is 1.66 bits per heavy atom.